The average molecular weight is 352 g/mol. The summed E-state index contributed by atoms with van der Waals surface area (Å²) in [5, 5.41) is 3.43. The van der Waals surface area contributed by atoms with Gasteiger partial charge in [0.15, 0.2) is 5.16 Å². The number of carbonyl (C=O) groups is 1. The lowest BCUT2D eigenvalue weighted by atomic mass is 10.2. The second kappa shape index (κ2) is 6.85. The van der Waals surface area contributed by atoms with Gasteiger partial charge in [0.1, 0.15) is 5.69 Å². The lowest BCUT2D eigenvalue weighted by molar-refractivity contribution is 0.102. The minimum absolute atomic E-state index is 0.249. The molecular formula is C14H14BrN3OS. The third-order valence-corrected chi connectivity index (χ3v) is 3.84. The Morgan fingerprint density at radius 2 is 2.05 bits per heavy atom. The van der Waals surface area contributed by atoms with E-state index in [2.05, 4.69) is 31.2 Å². The number of halogens is 1. The van der Waals surface area contributed by atoms with Crippen LogP contribution in [0.25, 0.3) is 0 Å². The molecule has 0 fully saturated rings. The Hall–Kier alpha value is -1.40. The van der Waals surface area contributed by atoms with E-state index in [0.29, 0.717) is 15.3 Å². The monoisotopic (exact) mass is 351 g/mol. The number of thioether (sulfide) groups is 1. The van der Waals surface area contributed by atoms with Gasteiger partial charge in [0, 0.05) is 11.9 Å². The molecule has 1 amide bonds. The molecule has 6 heteroatoms. The van der Waals surface area contributed by atoms with Gasteiger partial charge in [0.25, 0.3) is 5.91 Å². The van der Waals surface area contributed by atoms with E-state index in [4.69, 9.17) is 0 Å². The standard InChI is InChI=1S/C14H14BrN3OS/c1-3-20-14-16-8-11(15)12(18-14)13(19)17-10-6-4-9(2)5-7-10/h4-8H,3H2,1-2H3,(H,17,19). The maximum absolute atomic E-state index is 12.2. The van der Waals surface area contributed by atoms with Crippen LogP contribution in [0.15, 0.2) is 40.1 Å². The second-order valence-electron chi connectivity index (χ2n) is 4.10. The molecule has 1 aromatic heterocycles. The van der Waals surface area contributed by atoms with Crippen LogP contribution in [0.5, 0.6) is 0 Å². The molecule has 0 saturated carbocycles. The molecule has 0 bridgehead atoms. The van der Waals surface area contributed by atoms with Gasteiger partial charge in [0.2, 0.25) is 0 Å². The number of hydrogen-bond donors (Lipinski definition) is 1. The van der Waals surface area contributed by atoms with E-state index < -0.39 is 0 Å². The third kappa shape index (κ3) is 3.80. The third-order valence-electron chi connectivity index (χ3n) is 2.52. The van der Waals surface area contributed by atoms with Crippen molar-refractivity contribution in [1.82, 2.24) is 9.97 Å². The van der Waals surface area contributed by atoms with Gasteiger partial charge in [-0.15, -0.1) is 0 Å². The highest BCUT2D eigenvalue weighted by Crippen LogP contribution is 2.20. The number of carbonyl (C=O) groups excluding carboxylic acids is 1. The number of rotatable bonds is 4. The number of aryl methyl sites for hydroxylation is 1. The van der Waals surface area contributed by atoms with Crippen LogP contribution in [-0.4, -0.2) is 21.6 Å². The molecule has 20 heavy (non-hydrogen) atoms. The molecule has 2 rings (SSSR count). The van der Waals surface area contributed by atoms with Crippen LogP contribution in [-0.2, 0) is 0 Å². The largest absolute Gasteiger partial charge is 0.321 e. The van der Waals surface area contributed by atoms with Crippen molar-refractivity contribution in [1.29, 1.82) is 0 Å². The minimum atomic E-state index is -0.249. The molecular weight excluding hydrogens is 338 g/mol. The van der Waals surface area contributed by atoms with Gasteiger partial charge in [-0.3, -0.25) is 4.79 Å². The lowest BCUT2D eigenvalue weighted by Gasteiger charge is -2.07. The molecule has 1 heterocycles. The highest BCUT2D eigenvalue weighted by atomic mass is 79.9. The predicted octanol–water partition coefficient (Wildman–Crippen LogP) is 3.91. The molecule has 0 spiro atoms. The summed E-state index contributed by atoms with van der Waals surface area (Å²) in [6, 6.07) is 7.63. The van der Waals surface area contributed by atoms with Gasteiger partial charge in [-0.25, -0.2) is 9.97 Å². The first-order valence-electron chi connectivity index (χ1n) is 6.13. The van der Waals surface area contributed by atoms with Crippen LogP contribution in [0.4, 0.5) is 5.69 Å². The van der Waals surface area contributed by atoms with Gasteiger partial charge in [-0.1, -0.05) is 36.4 Å². The Bertz CT molecular complexity index is 616. The molecule has 1 N–H and O–H groups in total. The number of amides is 1. The maximum atomic E-state index is 12.2. The summed E-state index contributed by atoms with van der Waals surface area (Å²) >= 11 is 4.81. The normalized spacial score (nSPS) is 10.3. The topological polar surface area (TPSA) is 54.9 Å². The maximum Gasteiger partial charge on any atom is 0.275 e. The van der Waals surface area contributed by atoms with Crippen molar-refractivity contribution in [2.75, 3.05) is 11.1 Å². The number of anilines is 1. The molecule has 0 atom stereocenters. The van der Waals surface area contributed by atoms with Crippen molar-refractivity contribution in [3.8, 4) is 0 Å². The van der Waals surface area contributed by atoms with E-state index in [1.165, 1.54) is 11.8 Å². The number of nitrogens with zero attached hydrogens (tertiary/aromatic N) is 2. The van der Waals surface area contributed by atoms with E-state index in [9.17, 15) is 4.79 Å². The van der Waals surface area contributed by atoms with E-state index >= 15 is 0 Å². The minimum Gasteiger partial charge on any atom is -0.321 e. The second-order valence-corrected chi connectivity index (χ2v) is 6.19. The Labute approximate surface area is 130 Å². The fourth-order valence-corrected chi connectivity index (χ4v) is 2.45. The Morgan fingerprint density at radius 1 is 1.35 bits per heavy atom. The summed E-state index contributed by atoms with van der Waals surface area (Å²) in [5.74, 6) is 0.613. The van der Waals surface area contributed by atoms with E-state index in [1.54, 1.807) is 6.20 Å². The summed E-state index contributed by atoms with van der Waals surface area (Å²) in [5.41, 5.74) is 2.24. The number of nitrogens with one attached hydrogen (secondary N) is 1. The van der Waals surface area contributed by atoms with Crippen molar-refractivity contribution < 1.29 is 4.79 Å². The molecule has 0 unspecified atom stereocenters. The fourth-order valence-electron chi connectivity index (χ4n) is 1.54. The fraction of sp³-hybridized carbons (Fsp3) is 0.214. The van der Waals surface area contributed by atoms with E-state index in [-0.39, 0.29) is 5.91 Å². The summed E-state index contributed by atoms with van der Waals surface area (Å²) < 4.78 is 0.586. The highest BCUT2D eigenvalue weighted by molar-refractivity contribution is 9.10. The van der Waals surface area contributed by atoms with Gasteiger partial charge in [-0.2, -0.15) is 0 Å². The van der Waals surface area contributed by atoms with Crippen LogP contribution in [0.2, 0.25) is 0 Å². The SMILES string of the molecule is CCSc1ncc(Br)c(C(=O)Nc2ccc(C)cc2)n1. The predicted molar refractivity (Wildman–Crippen MR) is 85.3 cm³/mol. The van der Waals surface area contributed by atoms with Crippen LogP contribution in [0, 0.1) is 6.92 Å². The van der Waals surface area contributed by atoms with Crippen LogP contribution in [0.1, 0.15) is 23.0 Å². The molecule has 104 valence electrons. The summed E-state index contributed by atoms with van der Waals surface area (Å²) in [6.45, 7) is 4.02. The van der Waals surface area contributed by atoms with Gasteiger partial charge < -0.3 is 5.32 Å². The van der Waals surface area contributed by atoms with Crippen molar-refractivity contribution >= 4 is 39.3 Å². The molecule has 0 radical (unpaired) electrons. The van der Waals surface area contributed by atoms with E-state index in [1.807, 2.05) is 38.1 Å². The number of hydrogen-bond acceptors (Lipinski definition) is 4. The zero-order valence-electron chi connectivity index (χ0n) is 11.2. The molecule has 0 aliphatic rings. The first-order chi connectivity index (χ1) is 9.60. The summed E-state index contributed by atoms with van der Waals surface area (Å²) in [4.78, 5) is 20.7. The number of benzene rings is 1. The first kappa shape index (κ1) is 15.0. The zero-order chi connectivity index (χ0) is 14.5. The molecule has 0 aliphatic heterocycles. The molecule has 2 aromatic rings. The average Bonchev–Trinajstić information content (AvgIpc) is 2.43. The van der Waals surface area contributed by atoms with Crippen LogP contribution < -0.4 is 5.32 Å². The molecule has 0 aliphatic carbocycles. The highest BCUT2D eigenvalue weighted by Gasteiger charge is 2.14. The van der Waals surface area contributed by atoms with Gasteiger partial charge in [-0.05, 0) is 40.7 Å². The number of aromatic nitrogens is 2. The summed E-state index contributed by atoms with van der Waals surface area (Å²) in [7, 11) is 0. The van der Waals surface area contributed by atoms with Crippen molar-refractivity contribution in [2.24, 2.45) is 0 Å². The molecule has 0 saturated heterocycles. The van der Waals surface area contributed by atoms with Gasteiger partial charge >= 0.3 is 0 Å². The quantitative estimate of drug-likeness (QED) is 0.670. The molecule has 4 nitrogen and oxygen atoms in total. The van der Waals surface area contributed by atoms with Gasteiger partial charge in [0.05, 0.1) is 4.47 Å². The van der Waals surface area contributed by atoms with Crippen LogP contribution in [0.3, 0.4) is 0 Å². The Balaban J connectivity index is 2.19. The first-order valence-corrected chi connectivity index (χ1v) is 7.91. The van der Waals surface area contributed by atoms with Crippen molar-refractivity contribution in [2.45, 2.75) is 19.0 Å². The van der Waals surface area contributed by atoms with Crippen molar-refractivity contribution in [3.05, 3.63) is 46.2 Å². The molecule has 1 aromatic carbocycles. The van der Waals surface area contributed by atoms with E-state index in [0.717, 1.165) is 17.0 Å². The lowest BCUT2D eigenvalue weighted by Crippen LogP contribution is -2.15. The summed E-state index contributed by atoms with van der Waals surface area (Å²) in [6.07, 6.45) is 1.61. The van der Waals surface area contributed by atoms with Crippen molar-refractivity contribution in [3.63, 3.8) is 0 Å². The Kier molecular flexibility index (Phi) is 5.14. The zero-order valence-corrected chi connectivity index (χ0v) is 13.6. The smallest absolute Gasteiger partial charge is 0.275 e. The van der Waals surface area contributed by atoms with Crippen LogP contribution >= 0.6 is 27.7 Å². The Morgan fingerprint density at radius 3 is 2.70 bits per heavy atom.